The largest absolute Gasteiger partial charge is 1.00 e. The number of carbonyl (C=O) groups is 1. The molecule has 0 aliphatic carbocycles. The van der Waals surface area contributed by atoms with Crippen molar-refractivity contribution in [1.29, 1.82) is 0 Å². The van der Waals surface area contributed by atoms with Crippen LogP contribution in [-0.2, 0) is 4.79 Å². The van der Waals surface area contributed by atoms with Crippen LogP contribution in [0.15, 0.2) is 42.5 Å². The maximum absolute atomic E-state index is 11.2. The standard InChI is InChI=1S/C13H12O2.K.H/c1-2-13(14)15-12-9-5-7-10-6-3-4-8-11(10)12;;/h3-9H,2H2,1H3;;/q;+1;-1. The molecule has 3 heteroatoms. The Balaban J connectivity index is 0.00000128. The zero-order valence-electron chi connectivity index (χ0n) is 10.6. The number of benzene rings is 2. The molecule has 0 spiro atoms. The van der Waals surface area contributed by atoms with Crippen molar-refractivity contribution in [3.8, 4) is 5.75 Å². The van der Waals surface area contributed by atoms with Crippen LogP contribution in [-0.4, -0.2) is 5.97 Å². The van der Waals surface area contributed by atoms with Crippen molar-refractivity contribution in [2.24, 2.45) is 0 Å². The number of hydrogen-bond acceptors (Lipinski definition) is 2. The van der Waals surface area contributed by atoms with E-state index in [9.17, 15) is 4.79 Å². The Hall–Kier alpha value is -0.194. The molecule has 0 aliphatic rings. The Morgan fingerprint density at radius 2 is 1.88 bits per heavy atom. The van der Waals surface area contributed by atoms with Crippen molar-refractivity contribution >= 4 is 16.7 Å². The molecule has 0 N–H and O–H groups in total. The van der Waals surface area contributed by atoms with Crippen molar-refractivity contribution in [2.75, 3.05) is 0 Å². The van der Waals surface area contributed by atoms with Crippen molar-refractivity contribution in [3.05, 3.63) is 42.5 Å². The normalized spacial score (nSPS) is 9.56. The van der Waals surface area contributed by atoms with Gasteiger partial charge >= 0.3 is 57.4 Å². The van der Waals surface area contributed by atoms with Crippen molar-refractivity contribution in [3.63, 3.8) is 0 Å². The van der Waals surface area contributed by atoms with Crippen LogP contribution in [0.4, 0.5) is 0 Å². The predicted molar refractivity (Wildman–Crippen MR) is 61.0 cm³/mol. The van der Waals surface area contributed by atoms with Gasteiger partial charge in [0, 0.05) is 11.8 Å². The van der Waals surface area contributed by atoms with E-state index in [2.05, 4.69) is 0 Å². The monoisotopic (exact) mass is 240 g/mol. The molecule has 0 atom stereocenters. The van der Waals surface area contributed by atoms with Crippen LogP contribution in [0.3, 0.4) is 0 Å². The number of fused-ring (bicyclic) bond motifs is 1. The molecule has 0 fully saturated rings. The van der Waals surface area contributed by atoms with Gasteiger partial charge in [0.1, 0.15) is 5.75 Å². The van der Waals surface area contributed by atoms with Gasteiger partial charge in [0.05, 0.1) is 0 Å². The van der Waals surface area contributed by atoms with E-state index in [1.54, 1.807) is 6.92 Å². The Labute approximate surface area is 139 Å². The SMILES string of the molecule is CCC(=O)Oc1cccc2ccccc12.[H-].[K+]. The van der Waals surface area contributed by atoms with Crippen LogP contribution in [0.1, 0.15) is 14.8 Å². The van der Waals surface area contributed by atoms with Gasteiger partial charge in [-0.15, -0.1) is 0 Å². The molecular weight excluding hydrogens is 227 g/mol. The molecular formula is C13H13KO2. The van der Waals surface area contributed by atoms with Gasteiger partial charge in [0.2, 0.25) is 0 Å². The molecule has 0 bridgehead atoms. The molecule has 0 radical (unpaired) electrons. The summed E-state index contributed by atoms with van der Waals surface area (Å²) in [5.74, 6) is 0.436. The third-order valence-electron chi connectivity index (χ3n) is 2.26. The van der Waals surface area contributed by atoms with Crippen molar-refractivity contribution in [1.82, 2.24) is 0 Å². The summed E-state index contributed by atoms with van der Waals surface area (Å²) >= 11 is 0. The number of carbonyl (C=O) groups excluding carboxylic acids is 1. The Morgan fingerprint density at radius 3 is 2.62 bits per heavy atom. The quantitative estimate of drug-likeness (QED) is 0.428. The summed E-state index contributed by atoms with van der Waals surface area (Å²) in [5, 5.41) is 2.06. The summed E-state index contributed by atoms with van der Waals surface area (Å²) in [6.45, 7) is 1.79. The summed E-state index contributed by atoms with van der Waals surface area (Å²) in [7, 11) is 0. The van der Waals surface area contributed by atoms with Gasteiger partial charge in [0.15, 0.2) is 0 Å². The van der Waals surface area contributed by atoms with Crippen LogP contribution in [0.5, 0.6) is 5.75 Å². The van der Waals surface area contributed by atoms with E-state index >= 15 is 0 Å². The Morgan fingerprint density at radius 1 is 1.19 bits per heavy atom. The first-order chi connectivity index (χ1) is 7.31. The Bertz CT molecular complexity index is 494. The molecule has 2 aromatic carbocycles. The van der Waals surface area contributed by atoms with E-state index in [0.29, 0.717) is 12.2 Å². The number of ether oxygens (including phenoxy) is 1. The van der Waals surface area contributed by atoms with Crippen LogP contribution in [0, 0.1) is 0 Å². The summed E-state index contributed by atoms with van der Waals surface area (Å²) in [6, 6.07) is 13.6. The van der Waals surface area contributed by atoms with Crippen molar-refractivity contribution in [2.45, 2.75) is 13.3 Å². The number of hydrogen-bond donors (Lipinski definition) is 0. The van der Waals surface area contributed by atoms with Gasteiger partial charge in [-0.05, 0) is 11.5 Å². The van der Waals surface area contributed by atoms with Gasteiger partial charge in [-0.2, -0.15) is 0 Å². The van der Waals surface area contributed by atoms with Crippen LogP contribution in [0.2, 0.25) is 0 Å². The minimum atomic E-state index is -0.202. The third-order valence-corrected chi connectivity index (χ3v) is 2.26. The molecule has 0 heterocycles. The van der Waals surface area contributed by atoms with Gasteiger partial charge in [-0.1, -0.05) is 43.3 Å². The van der Waals surface area contributed by atoms with Gasteiger partial charge < -0.3 is 6.16 Å². The van der Waals surface area contributed by atoms with Gasteiger partial charge in [0.25, 0.3) is 0 Å². The zero-order valence-corrected chi connectivity index (χ0v) is 12.7. The summed E-state index contributed by atoms with van der Waals surface area (Å²) in [5.41, 5.74) is 0. The molecule has 0 aliphatic heterocycles. The van der Waals surface area contributed by atoms with Crippen LogP contribution >= 0.6 is 0 Å². The number of rotatable bonds is 2. The van der Waals surface area contributed by atoms with E-state index in [-0.39, 0.29) is 58.8 Å². The molecule has 0 amide bonds. The topological polar surface area (TPSA) is 26.3 Å². The second-order valence-electron chi connectivity index (χ2n) is 3.30. The molecule has 0 saturated carbocycles. The van der Waals surface area contributed by atoms with Crippen molar-refractivity contribution < 1.29 is 62.3 Å². The molecule has 0 saturated heterocycles. The fourth-order valence-corrected chi connectivity index (χ4v) is 1.48. The maximum Gasteiger partial charge on any atom is 1.00 e. The molecule has 0 aromatic heterocycles. The maximum atomic E-state index is 11.2. The molecule has 2 rings (SSSR count). The fraction of sp³-hybridized carbons (Fsp3) is 0.154. The minimum absolute atomic E-state index is 0. The van der Waals surface area contributed by atoms with Gasteiger partial charge in [-0.25, -0.2) is 0 Å². The van der Waals surface area contributed by atoms with Gasteiger partial charge in [-0.3, -0.25) is 4.79 Å². The third kappa shape index (κ3) is 3.15. The molecule has 2 aromatic rings. The summed E-state index contributed by atoms with van der Waals surface area (Å²) in [6.07, 6.45) is 0.392. The molecule has 16 heavy (non-hydrogen) atoms. The average Bonchev–Trinajstić information content (AvgIpc) is 2.29. The van der Waals surface area contributed by atoms with Crippen LogP contribution in [0.25, 0.3) is 10.8 Å². The van der Waals surface area contributed by atoms with E-state index in [0.717, 1.165) is 10.8 Å². The predicted octanol–water partition coefficient (Wildman–Crippen LogP) is 0.272. The fourth-order valence-electron chi connectivity index (χ4n) is 1.48. The second kappa shape index (κ2) is 6.52. The summed E-state index contributed by atoms with van der Waals surface area (Å²) in [4.78, 5) is 11.2. The van der Waals surface area contributed by atoms with E-state index in [1.165, 1.54) is 0 Å². The number of esters is 1. The Kier molecular flexibility index (Phi) is 5.65. The summed E-state index contributed by atoms with van der Waals surface area (Å²) < 4.78 is 5.24. The van der Waals surface area contributed by atoms with E-state index in [4.69, 9.17) is 4.74 Å². The first-order valence-corrected chi connectivity index (χ1v) is 4.99. The zero-order chi connectivity index (χ0) is 10.7. The molecule has 78 valence electrons. The second-order valence-corrected chi connectivity index (χ2v) is 3.30. The molecule has 2 nitrogen and oxygen atoms in total. The molecule has 0 unspecified atom stereocenters. The smallest absolute Gasteiger partial charge is 1.00 e. The first-order valence-electron chi connectivity index (χ1n) is 4.99. The van der Waals surface area contributed by atoms with E-state index in [1.807, 2.05) is 42.5 Å². The minimum Gasteiger partial charge on any atom is -1.00 e. The van der Waals surface area contributed by atoms with E-state index < -0.39 is 0 Å². The average molecular weight is 240 g/mol. The first kappa shape index (κ1) is 13.9. The van der Waals surface area contributed by atoms with Crippen LogP contribution < -0.4 is 56.1 Å².